The molecule has 0 spiro atoms. The van der Waals surface area contributed by atoms with Crippen LogP contribution in [-0.2, 0) is 15.6 Å². The van der Waals surface area contributed by atoms with Gasteiger partial charge in [0.25, 0.3) is 14.6 Å². The van der Waals surface area contributed by atoms with E-state index in [1.807, 2.05) is 0 Å². The molecule has 0 aliphatic heterocycles. The zero-order valence-corrected chi connectivity index (χ0v) is 8.34. The molecule has 5 nitrogen and oxygen atoms in total. The van der Waals surface area contributed by atoms with Crippen molar-refractivity contribution in [2.75, 3.05) is 0 Å². The number of aryl methyl sites for hydroxylation is 1. The van der Waals surface area contributed by atoms with Crippen molar-refractivity contribution in [1.29, 1.82) is 0 Å². The van der Waals surface area contributed by atoms with E-state index in [0.29, 0.717) is 6.54 Å². The Balaban J connectivity index is 3.51. The highest BCUT2D eigenvalue weighted by Crippen LogP contribution is 2.05. The van der Waals surface area contributed by atoms with E-state index < -0.39 is 19.6 Å². The summed E-state index contributed by atoms with van der Waals surface area (Å²) in [7, 11) is 0.951. The molecule has 7 heteroatoms. The maximum absolute atomic E-state index is 11.3. The first kappa shape index (κ1) is 10.2. The molecule has 0 amide bonds. The third-order valence-electron chi connectivity index (χ3n) is 1.45. The van der Waals surface area contributed by atoms with Crippen molar-refractivity contribution in [2.45, 2.75) is 18.5 Å². The maximum atomic E-state index is 11.3. The Hall–Kier alpha value is -0.880. The summed E-state index contributed by atoms with van der Waals surface area (Å²) in [5.41, 5.74) is -0.694. The predicted molar refractivity (Wildman–Crippen MR) is 47.2 cm³/mol. The van der Waals surface area contributed by atoms with Crippen molar-refractivity contribution in [3.05, 3.63) is 22.7 Å². The molecule has 0 N–H and O–H groups in total. The molecule has 0 aromatic carbocycles. The van der Waals surface area contributed by atoms with Crippen LogP contribution < -0.4 is 5.56 Å². The lowest BCUT2D eigenvalue weighted by molar-refractivity contribution is 0.598. The van der Waals surface area contributed by atoms with E-state index in [9.17, 15) is 13.2 Å². The molecule has 0 aliphatic carbocycles. The molecule has 0 radical (unpaired) electrons. The maximum Gasteiger partial charge on any atom is 0.289 e. The highest BCUT2D eigenvalue weighted by molar-refractivity contribution is 8.13. The highest BCUT2D eigenvalue weighted by Gasteiger charge is 2.17. The van der Waals surface area contributed by atoms with Gasteiger partial charge in [0.2, 0.25) is 5.03 Å². The third-order valence-corrected chi connectivity index (χ3v) is 2.63. The fourth-order valence-electron chi connectivity index (χ4n) is 0.844. The Labute approximate surface area is 79.4 Å². The van der Waals surface area contributed by atoms with Crippen molar-refractivity contribution >= 4 is 19.7 Å². The van der Waals surface area contributed by atoms with Crippen LogP contribution in [0.25, 0.3) is 0 Å². The number of hydrogen-bond acceptors (Lipinski definition) is 4. The van der Waals surface area contributed by atoms with Gasteiger partial charge in [-0.05, 0) is 6.92 Å². The van der Waals surface area contributed by atoms with Gasteiger partial charge in [0, 0.05) is 29.6 Å². The van der Waals surface area contributed by atoms with E-state index in [2.05, 4.69) is 4.98 Å². The van der Waals surface area contributed by atoms with E-state index in [0.717, 1.165) is 0 Å². The average molecular weight is 223 g/mol. The topological polar surface area (TPSA) is 69.0 Å². The summed E-state index contributed by atoms with van der Waals surface area (Å²) in [5.74, 6) is 0. The van der Waals surface area contributed by atoms with Gasteiger partial charge in [-0.15, -0.1) is 0 Å². The van der Waals surface area contributed by atoms with Crippen LogP contribution in [0.1, 0.15) is 6.92 Å². The monoisotopic (exact) mass is 222 g/mol. The lowest BCUT2D eigenvalue weighted by Gasteiger charge is -2.00. The second kappa shape index (κ2) is 3.47. The lowest BCUT2D eigenvalue weighted by Crippen LogP contribution is -2.24. The van der Waals surface area contributed by atoms with E-state index >= 15 is 0 Å². The Morgan fingerprint density at radius 3 is 2.69 bits per heavy atom. The van der Waals surface area contributed by atoms with Gasteiger partial charge in [0.15, 0.2) is 0 Å². The molecule has 0 saturated heterocycles. The smallest absolute Gasteiger partial charge is 0.289 e. The Bertz CT molecular complexity index is 465. The molecule has 1 aromatic heterocycles. The number of halogens is 1. The summed E-state index contributed by atoms with van der Waals surface area (Å²) >= 11 is 0. The van der Waals surface area contributed by atoms with Crippen molar-refractivity contribution < 1.29 is 8.42 Å². The van der Waals surface area contributed by atoms with Crippen molar-refractivity contribution in [2.24, 2.45) is 0 Å². The molecule has 72 valence electrons. The number of aromatic nitrogens is 2. The highest BCUT2D eigenvalue weighted by atomic mass is 35.7. The van der Waals surface area contributed by atoms with Crippen LogP contribution in [0.2, 0.25) is 0 Å². The second-order valence-corrected chi connectivity index (χ2v) is 4.74. The Morgan fingerprint density at radius 1 is 1.62 bits per heavy atom. The summed E-state index contributed by atoms with van der Waals surface area (Å²) in [6, 6.07) is 0. The predicted octanol–water partition coefficient (Wildman–Crippen LogP) is 0.191. The summed E-state index contributed by atoms with van der Waals surface area (Å²) in [5, 5.41) is -0.626. The fourth-order valence-corrected chi connectivity index (χ4v) is 1.67. The molecule has 13 heavy (non-hydrogen) atoms. The quantitative estimate of drug-likeness (QED) is 0.670. The van der Waals surface area contributed by atoms with Crippen LogP contribution in [0.5, 0.6) is 0 Å². The van der Waals surface area contributed by atoms with Gasteiger partial charge in [-0.3, -0.25) is 4.79 Å². The van der Waals surface area contributed by atoms with Crippen molar-refractivity contribution in [3.8, 4) is 0 Å². The van der Waals surface area contributed by atoms with Gasteiger partial charge < -0.3 is 4.57 Å². The van der Waals surface area contributed by atoms with E-state index in [4.69, 9.17) is 10.7 Å². The number of nitrogens with zero attached hydrogens (tertiary/aromatic N) is 2. The first-order valence-electron chi connectivity index (χ1n) is 3.47. The van der Waals surface area contributed by atoms with Gasteiger partial charge in [-0.25, -0.2) is 13.4 Å². The molecule has 0 atom stereocenters. The Kier molecular flexibility index (Phi) is 2.72. The molecule has 0 saturated carbocycles. The number of hydrogen-bond donors (Lipinski definition) is 0. The molecule has 0 fully saturated rings. The fraction of sp³-hybridized carbons (Fsp3) is 0.333. The molecule has 1 heterocycles. The van der Waals surface area contributed by atoms with Crippen molar-refractivity contribution in [3.63, 3.8) is 0 Å². The first-order chi connectivity index (χ1) is 5.96. The minimum atomic E-state index is -4.04. The summed E-state index contributed by atoms with van der Waals surface area (Å²) in [6.45, 7) is 2.09. The molecule has 0 bridgehead atoms. The molecule has 1 aromatic rings. The minimum absolute atomic E-state index is 0.376. The van der Waals surface area contributed by atoms with Gasteiger partial charge in [0.05, 0.1) is 0 Å². The van der Waals surface area contributed by atoms with Crippen LogP contribution in [0.3, 0.4) is 0 Å². The molecule has 0 unspecified atom stereocenters. The summed E-state index contributed by atoms with van der Waals surface area (Å²) in [4.78, 5) is 14.7. The lowest BCUT2D eigenvalue weighted by atomic mass is 10.6. The molecular weight excluding hydrogens is 216 g/mol. The van der Waals surface area contributed by atoms with E-state index in [1.54, 1.807) is 6.92 Å². The van der Waals surface area contributed by atoms with Crippen LogP contribution in [0.4, 0.5) is 0 Å². The average Bonchev–Trinajstić information content (AvgIpc) is 2.02. The van der Waals surface area contributed by atoms with Crippen LogP contribution in [0.15, 0.2) is 22.2 Å². The third kappa shape index (κ3) is 2.07. The molecule has 1 rings (SSSR count). The molecular formula is C6H7ClN2O3S. The van der Waals surface area contributed by atoms with Gasteiger partial charge in [-0.2, -0.15) is 0 Å². The second-order valence-electron chi connectivity index (χ2n) is 2.26. The first-order valence-corrected chi connectivity index (χ1v) is 5.78. The standard InChI is InChI=1S/C6H7ClN2O3S/c1-2-9-4-3-8-5(6(9)10)13(7,11)12/h3-4H,2H2,1H3. The normalized spacial score (nSPS) is 11.5. The van der Waals surface area contributed by atoms with E-state index in [1.165, 1.54) is 17.0 Å². The van der Waals surface area contributed by atoms with Crippen LogP contribution >= 0.6 is 10.7 Å². The zero-order valence-electron chi connectivity index (χ0n) is 6.77. The van der Waals surface area contributed by atoms with Crippen LogP contribution in [-0.4, -0.2) is 18.0 Å². The zero-order chi connectivity index (χ0) is 10.1. The largest absolute Gasteiger partial charge is 0.312 e. The van der Waals surface area contributed by atoms with Gasteiger partial charge >= 0.3 is 0 Å². The summed E-state index contributed by atoms with van der Waals surface area (Å²) < 4.78 is 22.8. The Morgan fingerprint density at radius 2 is 2.23 bits per heavy atom. The minimum Gasteiger partial charge on any atom is -0.312 e. The van der Waals surface area contributed by atoms with Gasteiger partial charge in [-0.1, -0.05) is 0 Å². The molecule has 0 aliphatic rings. The SMILES string of the molecule is CCn1ccnc(S(=O)(=O)Cl)c1=O. The number of rotatable bonds is 2. The van der Waals surface area contributed by atoms with E-state index in [-0.39, 0.29) is 0 Å². The van der Waals surface area contributed by atoms with Crippen molar-refractivity contribution in [1.82, 2.24) is 9.55 Å². The van der Waals surface area contributed by atoms with Gasteiger partial charge in [0.1, 0.15) is 0 Å². The summed E-state index contributed by atoms with van der Waals surface area (Å²) in [6.07, 6.45) is 2.62. The van der Waals surface area contributed by atoms with Crippen LogP contribution in [0, 0.1) is 0 Å².